The minimum Gasteiger partial charge on any atom is -0.380 e. The molecule has 2 rings (SSSR count). The van der Waals surface area contributed by atoms with Crippen molar-refractivity contribution in [3.05, 3.63) is 28.2 Å². The molecule has 0 spiro atoms. The van der Waals surface area contributed by atoms with Crippen LogP contribution in [-0.2, 0) is 0 Å². The molecule has 0 radical (unpaired) electrons. The van der Waals surface area contributed by atoms with Crippen LogP contribution in [0.25, 0.3) is 0 Å². The quantitative estimate of drug-likeness (QED) is 0.720. The molecule has 106 valence electrons. The molecule has 1 aliphatic rings. The zero-order chi connectivity index (χ0) is 14.2. The highest BCUT2D eigenvalue weighted by Crippen LogP contribution is 2.40. The van der Waals surface area contributed by atoms with Gasteiger partial charge < -0.3 is 5.32 Å². The smallest absolute Gasteiger partial charge is 0.149 e. The third kappa shape index (κ3) is 3.68. The predicted molar refractivity (Wildman–Crippen MR) is 78.3 cm³/mol. The molecule has 1 N–H and O–H groups in total. The zero-order valence-corrected chi connectivity index (χ0v) is 13.2. The number of anilines is 1. The van der Waals surface area contributed by atoms with Crippen molar-refractivity contribution in [2.45, 2.75) is 46.1 Å². The molecule has 1 nitrogen and oxygen atoms in total. The average Bonchev–Trinajstić information content (AvgIpc) is 2.22. The van der Waals surface area contributed by atoms with E-state index in [4.69, 9.17) is 0 Å². The van der Waals surface area contributed by atoms with E-state index >= 15 is 0 Å². The molecule has 1 fully saturated rings. The van der Waals surface area contributed by atoms with Crippen molar-refractivity contribution in [3.63, 3.8) is 0 Å². The summed E-state index contributed by atoms with van der Waals surface area (Å²) in [7, 11) is 0. The van der Waals surface area contributed by atoms with Gasteiger partial charge in [0.15, 0.2) is 0 Å². The summed E-state index contributed by atoms with van der Waals surface area (Å²) in [6.07, 6.45) is 3.23. The van der Waals surface area contributed by atoms with Crippen LogP contribution in [0, 0.1) is 23.0 Å². The monoisotopic (exact) mass is 331 g/mol. The van der Waals surface area contributed by atoms with Crippen LogP contribution in [-0.4, -0.2) is 6.04 Å². The Morgan fingerprint density at radius 1 is 1.21 bits per heavy atom. The van der Waals surface area contributed by atoms with Gasteiger partial charge in [-0.25, -0.2) is 8.78 Å². The summed E-state index contributed by atoms with van der Waals surface area (Å²) in [5.74, 6) is -0.481. The molecule has 0 bridgehead atoms. The molecule has 2 unspecified atom stereocenters. The Kier molecular flexibility index (Phi) is 4.19. The van der Waals surface area contributed by atoms with Crippen LogP contribution < -0.4 is 5.32 Å². The number of hydrogen-bond acceptors (Lipinski definition) is 1. The minimum atomic E-state index is -0.569. The summed E-state index contributed by atoms with van der Waals surface area (Å²) in [6, 6.07) is 2.64. The van der Waals surface area contributed by atoms with Gasteiger partial charge in [0.25, 0.3) is 0 Å². The molecule has 1 aromatic rings. The molecule has 0 saturated heterocycles. The Balaban J connectivity index is 2.15. The molecular formula is C15H20BrF2N. The van der Waals surface area contributed by atoms with E-state index in [1.54, 1.807) is 0 Å². The van der Waals surface area contributed by atoms with Gasteiger partial charge in [-0.3, -0.25) is 0 Å². The van der Waals surface area contributed by atoms with Crippen molar-refractivity contribution in [1.82, 2.24) is 0 Å². The topological polar surface area (TPSA) is 12.0 Å². The molecule has 1 aliphatic carbocycles. The third-order valence-corrected chi connectivity index (χ3v) is 4.36. The van der Waals surface area contributed by atoms with Gasteiger partial charge in [0.05, 0.1) is 10.2 Å². The number of halogens is 3. The molecule has 1 aromatic carbocycles. The van der Waals surface area contributed by atoms with E-state index in [2.05, 4.69) is 42.0 Å². The second-order valence-electron chi connectivity index (χ2n) is 6.50. The first-order valence-corrected chi connectivity index (χ1v) is 7.47. The first-order valence-electron chi connectivity index (χ1n) is 6.68. The van der Waals surface area contributed by atoms with Crippen molar-refractivity contribution in [2.24, 2.45) is 11.3 Å². The SMILES string of the molecule is CC1CC(Nc2cc(Br)c(F)cc2F)CC(C)(C)C1. The van der Waals surface area contributed by atoms with Gasteiger partial charge in [-0.05, 0) is 52.6 Å². The molecule has 0 aliphatic heterocycles. The lowest BCUT2D eigenvalue weighted by Gasteiger charge is -2.39. The Labute approximate surface area is 121 Å². The second kappa shape index (κ2) is 5.39. The molecule has 2 atom stereocenters. The third-order valence-electron chi connectivity index (χ3n) is 3.76. The lowest BCUT2D eigenvalue weighted by Crippen LogP contribution is -2.35. The first-order chi connectivity index (χ1) is 8.77. The van der Waals surface area contributed by atoms with Gasteiger partial charge in [-0.1, -0.05) is 20.8 Å². The number of hydrogen-bond donors (Lipinski definition) is 1. The van der Waals surface area contributed by atoms with Gasteiger partial charge in [0.1, 0.15) is 11.6 Å². The molecule has 0 aromatic heterocycles. The summed E-state index contributed by atoms with van der Waals surface area (Å²) < 4.78 is 27.3. The Morgan fingerprint density at radius 3 is 2.53 bits per heavy atom. The molecule has 4 heteroatoms. The van der Waals surface area contributed by atoms with Crippen LogP contribution in [0.3, 0.4) is 0 Å². The second-order valence-corrected chi connectivity index (χ2v) is 7.36. The maximum Gasteiger partial charge on any atom is 0.149 e. The summed E-state index contributed by atoms with van der Waals surface area (Å²) >= 11 is 3.10. The standard InChI is InChI=1S/C15H20BrF2N/c1-9-4-10(8-15(2,3)7-9)19-14-5-11(16)12(17)6-13(14)18/h5-6,9-10,19H,4,7-8H2,1-3H3. The molecule has 19 heavy (non-hydrogen) atoms. The van der Waals surface area contributed by atoms with Crippen molar-refractivity contribution in [1.29, 1.82) is 0 Å². The van der Waals surface area contributed by atoms with Crippen molar-refractivity contribution in [2.75, 3.05) is 5.32 Å². The normalized spacial score (nSPS) is 26.2. The Bertz CT molecular complexity index is 473. The van der Waals surface area contributed by atoms with Gasteiger partial charge in [0, 0.05) is 12.1 Å². The number of nitrogens with one attached hydrogen (secondary N) is 1. The maximum atomic E-state index is 13.8. The fourth-order valence-corrected chi connectivity index (χ4v) is 3.65. The summed E-state index contributed by atoms with van der Waals surface area (Å²) in [4.78, 5) is 0. The van der Waals surface area contributed by atoms with Crippen LogP contribution in [0.2, 0.25) is 0 Å². The van der Waals surface area contributed by atoms with Crippen molar-refractivity contribution < 1.29 is 8.78 Å². The summed E-state index contributed by atoms with van der Waals surface area (Å²) in [5.41, 5.74) is 0.645. The fourth-order valence-electron chi connectivity index (χ4n) is 3.31. The van der Waals surface area contributed by atoms with E-state index in [-0.39, 0.29) is 11.5 Å². The largest absolute Gasteiger partial charge is 0.380 e. The van der Waals surface area contributed by atoms with Gasteiger partial charge >= 0.3 is 0 Å². The van der Waals surface area contributed by atoms with Crippen LogP contribution >= 0.6 is 15.9 Å². The molecule has 0 heterocycles. The van der Waals surface area contributed by atoms with E-state index in [9.17, 15) is 8.78 Å². The number of rotatable bonds is 2. The minimum absolute atomic E-state index is 0.241. The first kappa shape index (κ1) is 14.8. The van der Waals surface area contributed by atoms with E-state index in [0.29, 0.717) is 16.1 Å². The Morgan fingerprint density at radius 2 is 1.89 bits per heavy atom. The molecular weight excluding hydrogens is 312 g/mol. The highest BCUT2D eigenvalue weighted by atomic mass is 79.9. The predicted octanol–water partition coefficient (Wildman–Crippen LogP) is 5.35. The van der Waals surface area contributed by atoms with Gasteiger partial charge in [-0.2, -0.15) is 0 Å². The fraction of sp³-hybridized carbons (Fsp3) is 0.600. The molecule has 1 saturated carbocycles. The van der Waals surface area contributed by atoms with E-state index < -0.39 is 11.6 Å². The van der Waals surface area contributed by atoms with Crippen LogP contribution in [0.1, 0.15) is 40.0 Å². The lowest BCUT2D eigenvalue weighted by atomic mass is 9.70. The lowest BCUT2D eigenvalue weighted by molar-refractivity contribution is 0.177. The number of benzene rings is 1. The van der Waals surface area contributed by atoms with E-state index in [0.717, 1.165) is 18.9 Å². The molecule has 0 amide bonds. The summed E-state index contributed by atoms with van der Waals surface area (Å²) in [5, 5.41) is 3.23. The van der Waals surface area contributed by atoms with Crippen LogP contribution in [0.15, 0.2) is 16.6 Å². The maximum absolute atomic E-state index is 13.8. The van der Waals surface area contributed by atoms with Crippen molar-refractivity contribution in [3.8, 4) is 0 Å². The van der Waals surface area contributed by atoms with Crippen LogP contribution in [0.4, 0.5) is 14.5 Å². The van der Waals surface area contributed by atoms with E-state index in [1.165, 1.54) is 12.5 Å². The summed E-state index contributed by atoms with van der Waals surface area (Å²) in [6.45, 7) is 6.72. The Hall–Kier alpha value is -0.640. The van der Waals surface area contributed by atoms with Crippen molar-refractivity contribution >= 4 is 21.6 Å². The zero-order valence-electron chi connectivity index (χ0n) is 11.6. The average molecular weight is 332 g/mol. The highest BCUT2D eigenvalue weighted by molar-refractivity contribution is 9.10. The van der Waals surface area contributed by atoms with Gasteiger partial charge in [0.2, 0.25) is 0 Å². The van der Waals surface area contributed by atoms with E-state index in [1.807, 2.05) is 0 Å². The highest BCUT2D eigenvalue weighted by Gasteiger charge is 2.32. The van der Waals surface area contributed by atoms with Crippen LogP contribution in [0.5, 0.6) is 0 Å². The van der Waals surface area contributed by atoms with Gasteiger partial charge in [-0.15, -0.1) is 0 Å².